The average molecular weight is 413 g/mol. The molecule has 0 fully saturated rings. The normalized spacial score (nSPS) is 10.5. The minimum absolute atomic E-state index is 0.137. The summed E-state index contributed by atoms with van der Waals surface area (Å²) in [6.45, 7) is 0.541. The van der Waals surface area contributed by atoms with Crippen LogP contribution in [-0.4, -0.2) is 28.7 Å². The quantitative estimate of drug-likeness (QED) is 0.237. The number of thioether (sulfide) groups is 1. The monoisotopic (exact) mass is 412 g/mol. The van der Waals surface area contributed by atoms with Crippen LogP contribution in [0.25, 0.3) is 0 Å². The van der Waals surface area contributed by atoms with Gasteiger partial charge in [-0.05, 0) is 36.8 Å². The molecular formula is C21H21ClN4OS. The molecule has 28 heavy (non-hydrogen) atoms. The fourth-order valence-electron chi connectivity index (χ4n) is 2.68. The van der Waals surface area contributed by atoms with Gasteiger partial charge in [-0.15, -0.1) is 0 Å². The predicted molar refractivity (Wildman–Crippen MR) is 116 cm³/mol. The van der Waals surface area contributed by atoms with E-state index in [1.54, 1.807) is 0 Å². The lowest BCUT2D eigenvalue weighted by Gasteiger charge is -2.13. The molecule has 7 heteroatoms. The van der Waals surface area contributed by atoms with E-state index in [1.165, 1.54) is 17.3 Å². The summed E-state index contributed by atoms with van der Waals surface area (Å²) in [6, 6.07) is 19.7. The Hall–Kier alpha value is -2.57. The van der Waals surface area contributed by atoms with Crippen molar-refractivity contribution in [1.82, 2.24) is 15.3 Å². The van der Waals surface area contributed by atoms with Crippen LogP contribution in [0.1, 0.15) is 22.3 Å². The van der Waals surface area contributed by atoms with Gasteiger partial charge in [-0.3, -0.25) is 4.79 Å². The number of hydrogen-bond acceptors (Lipinski definition) is 5. The average Bonchev–Trinajstić information content (AvgIpc) is 2.72. The van der Waals surface area contributed by atoms with E-state index in [2.05, 4.69) is 32.7 Å². The second-order valence-corrected chi connectivity index (χ2v) is 7.19. The second kappa shape index (κ2) is 10.1. The summed E-state index contributed by atoms with van der Waals surface area (Å²) >= 11 is 7.69. The first-order valence-corrected chi connectivity index (χ1v) is 10.5. The van der Waals surface area contributed by atoms with Gasteiger partial charge in [0, 0.05) is 12.2 Å². The minimum atomic E-state index is -0.288. The number of anilines is 2. The number of halogens is 1. The smallest absolute Gasteiger partial charge is 0.258 e. The number of hydrogen-bond donors (Lipinski definition) is 2. The van der Waals surface area contributed by atoms with Crippen LogP contribution in [0, 0.1) is 0 Å². The summed E-state index contributed by atoms with van der Waals surface area (Å²) in [7, 11) is 0. The predicted octanol–water partition coefficient (Wildman–Crippen LogP) is 4.96. The van der Waals surface area contributed by atoms with Crippen LogP contribution in [0.5, 0.6) is 0 Å². The molecular weight excluding hydrogens is 392 g/mol. The van der Waals surface area contributed by atoms with Crippen molar-refractivity contribution in [3.8, 4) is 0 Å². The van der Waals surface area contributed by atoms with Gasteiger partial charge in [-0.1, -0.05) is 71.9 Å². The fourth-order valence-corrected chi connectivity index (χ4v) is 3.35. The molecule has 0 spiro atoms. The minimum Gasteiger partial charge on any atom is -0.352 e. The third-order valence-electron chi connectivity index (χ3n) is 4.06. The van der Waals surface area contributed by atoms with Crippen LogP contribution in [0.15, 0.2) is 65.8 Å². The number of aryl methyl sites for hydroxylation is 1. The molecule has 1 aromatic heterocycles. The Balaban J connectivity index is 1.71. The molecule has 0 radical (unpaired) electrons. The lowest BCUT2D eigenvalue weighted by atomic mass is 10.1. The molecule has 0 atom stereocenters. The molecule has 0 bridgehead atoms. The zero-order valence-corrected chi connectivity index (χ0v) is 17.1. The van der Waals surface area contributed by atoms with Gasteiger partial charge in [-0.25, -0.2) is 9.97 Å². The molecule has 0 unspecified atom stereocenters. The first-order chi connectivity index (χ1) is 13.7. The van der Waals surface area contributed by atoms with Gasteiger partial charge in [0.15, 0.2) is 5.16 Å². The van der Waals surface area contributed by atoms with E-state index in [9.17, 15) is 4.79 Å². The van der Waals surface area contributed by atoms with Crippen LogP contribution in [-0.2, 0) is 6.42 Å². The van der Waals surface area contributed by atoms with E-state index in [1.807, 2.05) is 54.8 Å². The number of rotatable bonds is 8. The van der Waals surface area contributed by atoms with E-state index in [4.69, 9.17) is 11.6 Å². The van der Waals surface area contributed by atoms with E-state index in [0.29, 0.717) is 17.5 Å². The van der Waals surface area contributed by atoms with Crippen molar-refractivity contribution in [3.05, 3.63) is 76.9 Å². The maximum atomic E-state index is 12.8. The summed E-state index contributed by atoms with van der Waals surface area (Å²) in [4.78, 5) is 21.4. The standard InChI is InChI=1S/C21H21ClN4OS/c1-28-21-25-18(22)17(19(26-21)24-16-12-6-3-7-13-16)20(27)23-14-8-11-15-9-4-2-5-10-15/h2-7,9-10,12-13H,8,11,14H2,1H3,(H,23,27)(H,24,25,26). The molecule has 0 aliphatic rings. The van der Waals surface area contributed by atoms with Gasteiger partial charge >= 0.3 is 0 Å². The Morgan fingerprint density at radius 1 is 1.04 bits per heavy atom. The highest BCUT2D eigenvalue weighted by molar-refractivity contribution is 7.98. The molecule has 3 aromatic rings. The summed E-state index contributed by atoms with van der Waals surface area (Å²) in [5.41, 5.74) is 2.32. The number of para-hydroxylation sites is 1. The van der Waals surface area contributed by atoms with Crippen LogP contribution in [0.2, 0.25) is 5.15 Å². The highest BCUT2D eigenvalue weighted by Gasteiger charge is 2.20. The number of benzene rings is 2. The summed E-state index contributed by atoms with van der Waals surface area (Å²) in [6.07, 6.45) is 3.59. The van der Waals surface area contributed by atoms with Crippen molar-refractivity contribution in [2.75, 3.05) is 18.1 Å². The van der Waals surface area contributed by atoms with Gasteiger partial charge in [0.05, 0.1) is 0 Å². The zero-order valence-electron chi connectivity index (χ0n) is 15.5. The van der Waals surface area contributed by atoms with Crippen LogP contribution < -0.4 is 10.6 Å². The SMILES string of the molecule is CSc1nc(Cl)c(C(=O)NCCCc2ccccc2)c(Nc2ccccc2)n1. The molecule has 0 saturated heterocycles. The number of carbonyl (C=O) groups is 1. The number of carbonyl (C=O) groups excluding carboxylic acids is 1. The van der Waals surface area contributed by atoms with Gasteiger partial charge in [-0.2, -0.15) is 0 Å². The first kappa shape index (κ1) is 20.2. The lowest BCUT2D eigenvalue weighted by Crippen LogP contribution is -2.26. The molecule has 0 aliphatic carbocycles. The highest BCUT2D eigenvalue weighted by Crippen LogP contribution is 2.27. The first-order valence-electron chi connectivity index (χ1n) is 8.93. The number of nitrogens with one attached hydrogen (secondary N) is 2. The van der Waals surface area contributed by atoms with E-state index >= 15 is 0 Å². The van der Waals surface area contributed by atoms with Crippen molar-refractivity contribution in [2.24, 2.45) is 0 Å². The summed E-state index contributed by atoms with van der Waals surface area (Å²) < 4.78 is 0. The Morgan fingerprint density at radius 3 is 2.39 bits per heavy atom. The van der Waals surface area contributed by atoms with Crippen molar-refractivity contribution < 1.29 is 4.79 Å². The molecule has 1 heterocycles. The van der Waals surface area contributed by atoms with Crippen LogP contribution >= 0.6 is 23.4 Å². The Labute approximate surface area is 173 Å². The molecule has 1 amide bonds. The van der Waals surface area contributed by atoms with E-state index < -0.39 is 0 Å². The van der Waals surface area contributed by atoms with E-state index in [0.717, 1.165) is 18.5 Å². The number of amides is 1. The van der Waals surface area contributed by atoms with Crippen molar-refractivity contribution in [3.63, 3.8) is 0 Å². The van der Waals surface area contributed by atoms with Crippen molar-refractivity contribution in [1.29, 1.82) is 0 Å². The van der Waals surface area contributed by atoms with Crippen LogP contribution in [0.4, 0.5) is 11.5 Å². The largest absolute Gasteiger partial charge is 0.352 e. The van der Waals surface area contributed by atoms with Crippen molar-refractivity contribution in [2.45, 2.75) is 18.0 Å². The van der Waals surface area contributed by atoms with E-state index in [-0.39, 0.29) is 16.6 Å². The van der Waals surface area contributed by atoms with Gasteiger partial charge in [0.2, 0.25) is 0 Å². The summed E-state index contributed by atoms with van der Waals surface area (Å²) in [5.74, 6) is 0.111. The topological polar surface area (TPSA) is 66.9 Å². The van der Waals surface area contributed by atoms with Gasteiger partial charge in [0.1, 0.15) is 16.5 Å². The Bertz CT molecular complexity index is 922. The molecule has 0 aliphatic heterocycles. The molecule has 2 aromatic carbocycles. The molecule has 0 saturated carbocycles. The molecule has 144 valence electrons. The summed E-state index contributed by atoms with van der Waals surface area (Å²) in [5, 5.41) is 6.74. The molecule has 3 rings (SSSR count). The van der Waals surface area contributed by atoms with Gasteiger partial charge in [0.25, 0.3) is 5.91 Å². The highest BCUT2D eigenvalue weighted by atomic mass is 35.5. The molecule has 2 N–H and O–H groups in total. The number of nitrogens with zero attached hydrogens (tertiary/aromatic N) is 2. The van der Waals surface area contributed by atoms with Gasteiger partial charge < -0.3 is 10.6 Å². The Morgan fingerprint density at radius 2 is 1.71 bits per heavy atom. The van der Waals surface area contributed by atoms with Crippen molar-refractivity contribution >= 4 is 40.8 Å². The second-order valence-electron chi connectivity index (χ2n) is 6.06. The number of aromatic nitrogens is 2. The third-order valence-corrected chi connectivity index (χ3v) is 4.88. The lowest BCUT2D eigenvalue weighted by molar-refractivity contribution is 0.0953. The maximum absolute atomic E-state index is 12.8. The maximum Gasteiger partial charge on any atom is 0.258 e. The van der Waals surface area contributed by atoms with Crippen LogP contribution in [0.3, 0.4) is 0 Å². The fraction of sp³-hybridized carbons (Fsp3) is 0.190. The molecule has 5 nitrogen and oxygen atoms in total. The third kappa shape index (κ3) is 5.47. The Kier molecular flexibility index (Phi) is 7.28. The zero-order chi connectivity index (χ0) is 19.8.